The first-order chi connectivity index (χ1) is 36.3. The van der Waals surface area contributed by atoms with Crippen molar-refractivity contribution in [2.45, 2.75) is 123 Å². The summed E-state index contributed by atoms with van der Waals surface area (Å²) in [6.07, 6.45) is -0.364. The van der Waals surface area contributed by atoms with E-state index in [0.717, 1.165) is 18.4 Å². The highest BCUT2D eigenvalue weighted by Crippen LogP contribution is 2.33. The molecular formula is C54H73N9O14. The second-order valence-electron chi connectivity index (χ2n) is 21.0. The summed E-state index contributed by atoms with van der Waals surface area (Å²) in [4.78, 5) is 108. The molecule has 0 unspecified atom stereocenters. The number of anilines is 2. The van der Waals surface area contributed by atoms with Crippen molar-refractivity contribution < 1.29 is 66.8 Å². The second kappa shape index (κ2) is 27.8. The molecular weight excluding hydrogens is 999 g/mol. The van der Waals surface area contributed by atoms with Gasteiger partial charge >= 0.3 is 18.3 Å². The molecule has 3 aromatic carbocycles. The van der Waals surface area contributed by atoms with E-state index >= 15 is 0 Å². The number of carbonyl (C=O) groups is 8. The largest absolute Gasteiger partial charge is 0.482 e. The van der Waals surface area contributed by atoms with Crippen LogP contribution in [0.5, 0.6) is 5.75 Å². The van der Waals surface area contributed by atoms with Crippen LogP contribution in [0.4, 0.5) is 25.8 Å². The Morgan fingerprint density at radius 3 is 1.82 bits per heavy atom. The fourth-order valence-corrected chi connectivity index (χ4v) is 7.14. The summed E-state index contributed by atoms with van der Waals surface area (Å²) < 4.78 is 32.6. The minimum atomic E-state index is -1.02. The van der Waals surface area contributed by atoms with Gasteiger partial charge in [0.1, 0.15) is 28.6 Å². The van der Waals surface area contributed by atoms with E-state index in [4.69, 9.17) is 28.4 Å². The standard InChI is InChI=1S/C54H73N9O14/c1-52(2,3)75-49(69)60-41(11-10-24-57-48(61-50(70)76-53(4,5)6)62-51(71)77-54(7,8)9)46(67)56-26-28-73-30-29-72-27-25-55-44(65)35-16-19-38(20-17-35)58-45(66)36-14-12-34(13-15-36)32-63(39-21-22-39)47(68)37-18-23-40-42(31-37)74-33-43(64)59-40/h12-20,23,31,39,41H,10-11,21-22,24-30,32-33H2,1-9H3,(H,55,65)(H,56,67)(H,58,66)(H,59,64)(H,60,69)(H2,57,61,62,70,71)/t41-/m0/s1. The topological polar surface area (TPSA) is 292 Å². The van der Waals surface area contributed by atoms with Gasteiger partial charge in [-0.05, 0) is 148 Å². The van der Waals surface area contributed by atoms with Crippen molar-refractivity contribution in [3.63, 3.8) is 0 Å². The number of benzene rings is 3. The number of aliphatic imine (C=N–C) groups is 1. The van der Waals surface area contributed by atoms with Crippen LogP contribution in [-0.2, 0) is 39.8 Å². The van der Waals surface area contributed by atoms with E-state index in [9.17, 15) is 38.4 Å². The minimum absolute atomic E-state index is 0.0234. The summed E-state index contributed by atoms with van der Waals surface area (Å²) in [5.74, 6) is -1.34. The van der Waals surface area contributed by atoms with Gasteiger partial charge in [0.25, 0.3) is 23.6 Å². The first-order valence-corrected chi connectivity index (χ1v) is 25.4. The molecule has 23 heteroatoms. The van der Waals surface area contributed by atoms with Crippen LogP contribution >= 0.6 is 0 Å². The first-order valence-electron chi connectivity index (χ1n) is 25.4. The molecule has 23 nitrogen and oxygen atoms in total. The number of hydrogen-bond donors (Lipinski definition) is 7. The normalized spacial score (nSPS) is 13.4. The Hall–Kier alpha value is -7.79. The van der Waals surface area contributed by atoms with Gasteiger partial charge in [0, 0.05) is 54.6 Å². The summed E-state index contributed by atoms with van der Waals surface area (Å²) in [5.41, 5.74) is 0.678. The van der Waals surface area contributed by atoms with Gasteiger partial charge in [-0.3, -0.25) is 39.6 Å². The highest BCUT2D eigenvalue weighted by atomic mass is 16.6. The van der Waals surface area contributed by atoms with Gasteiger partial charge in [-0.15, -0.1) is 0 Å². The zero-order valence-electron chi connectivity index (χ0n) is 45.3. The predicted molar refractivity (Wildman–Crippen MR) is 285 cm³/mol. The number of rotatable bonds is 22. The van der Waals surface area contributed by atoms with Crippen molar-refractivity contribution in [1.29, 1.82) is 0 Å². The Balaban J connectivity index is 0.975. The monoisotopic (exact) mass is 1070 g/mol. The summed E-state index contributed by atoms with van der Waals surface area (Å²) in [7, 11) is 0. The van der Waals surface area contributed by atoms with Crippen LogP contribution in [0.3, 0.4) is 0 Å². The van der Waals surface area contributed by atoms with E-state index in [-0.39, 0.29) is 101 Å². The molecule has 77 heavy (non-hydrogen) atoms. The zero-order chi connectivity index (χ0) is 56.3. The summed E-state index contributed by atoms with van der Waals surface area (Å²) >= 11 is 0. The number of nitrogens with zero attached hydrogens (tertiary/aromatic N) is 2. The number of fused-ring (bicyclic) bond motifs is 1. The fraction of sp³-hybridized carbons (Fsp3) is 0.500. The van der Waals surface area contributed by atoms with Gasteiger partial charge in [0.05, 0.1) is 32.1 Å². The van der Waals surface area contributed by atoms with E-state index in [1.165, 1.54) is 0 Å². The van der Waals surface area contributed by atoms with Crippen LogP contribution in [0.1, 0.15) is 125 Å². The molecule has 418 valence electrons. The van der Waals surface area contributed by atoms with Gasteiger partial charge in [0.2, 0.25) is 11.9 Å². The first kappa shape index (κ1) is 60.1. The fourth-order valence-electron chi connectivity index (χ4n) is 7.14. The Kier molecular flexibility index (Phi) is 21.7. The smallest absolute Gasteiger partial charge is 0.414 e. The summed E-state index contributed by atoms with van der Waals surface area (Å²) in [6, 6.07) is 17.6. The Bertz CT molecular complexity index is 2550. The lowest BCUT2D eigenvalue weighted by atomic mass is 10.1. The Labute approximate surface area is 448 Å². The average Bonchev–Trinajstić information content (AvgIpc) is 4.18. The molecule has 1 aliphatic carbocycles. The maximum atomic E-state index is 13.6. The average molecular weight is 1070 g/mol. The molecule has 0 radical (unpaired) electrons. The SMILES string of the molecule is CC(C)(C)OC(=O)NC(=NCCC[C@H](NC(=O)OC(C)(C)C)C(=O)NCCOCCOCCNC(=O)c1ccc(NC(=O)c2ccc(CN(C(=O)c3ccc4c(c3)OCC(=O)N4)C3CC3)cc2)cc1)NC(=O)OC(C)(C)C. The summed E-state index contributed by atoms with van der Waals surface area (Å²) in [5, 5.41) is 18.5. The van der Waals surface area contributed by atoms with E-state index in [2.05, 4.69) is 42.2 Å². The molecule has 0 saturated heterocycles. The molecule has 1 fully saturated rings. The van der Waals surface area contributed by atoms with Gasteiger partial charge in [0.15, 0.2) is 6.61 Å². The van der Waals surface area contributed by atoms with Crippen molar-refractivity contribution in [3.8, 4) is 5.75 Å². The number of hydrogen-bond acceptors (Lipinski definition) is 15. The van der Waals surface area contributed by atoms with Crippen molar-refractivity contribution >= 4 is 65.1 Å². The van der Waals surface area contributed by atoms with Crippen LogP contribution in [0.15, 0.2) is 71.7 Å². The molecule has 0 aromatic heterocycles. The Morgan fingerprint density at radius 2 is 1.23 bits per heavy atom. The third-order valence-corrected chi connectivity index (χ3v) is 10.7. The third-order valence-electron chi connectivity index (χ3n) is 10.7. The van der Waals surface area contributed by atoms with Crippen molar-refractivity contribution in [1.82, 2.24) is 31.5 Å². The van der Waals surface area contributed by atoms with E-state index in [1.54, 1.807) is 117 Å². The quantitative estimate of drug-likeness (QED) is 0.0262. The van der Waals surface area contributed by atoms with E-state index in [1.807, 2.05) is 17.0 Å². The number of ether oxygens (including phenoxy) is 6. The molecule has 1 saturated carbocycles. The molecule has 3 aromatic rings. The molecule has 1 atom stereocenters. The third kappa shape index (κ3) is 22.1. The van der Waals surface area contributed by atoms with E-state index in [0.29, 0.717) is 40.4 Å². The van der Waals surface area contributed by atoms with Crippen molar-refractivity contribution in [3.05, 3.63) is 89.0 Å². The van der Waals surface area contributed by atoms with Crippen LogP contribution in [0.25, 0.3) is 0 Å². The number of amides is 8. The zero-order valence-corrected chi connectivity index (χ0v) is 45.3. The van der Waals surface area contributed by atoms with Crippen LogP contribution < -0.4 is 42.0 Å². The van der Waals surface area contributed by atoms with Crippen LogP contribution in [0.2, 0.25) is 0 Å². The van der Waals surface area contributed by atoms with Gasteiger partial charge in [-0.2, -0.15) is 0 Å². The number of nitrogens with one attached hydrogen (secondary N) is 7. The molecule has 1 heterocycles. The molecule has 1 aliphatic heterocycles. The number of guanidine groups is 1. The maximum Gasteiger partial charge on any atom is 0.414 e. The molecule has 0 bridgehead atoms. The van der Waals surface area contributed by atoms with Gasteiger partial charge < -0.3 is 59.9 Å². The molecule has 0 spiro atoms. The lowest BCUT2D eigenvalue weighted by molar-refractivity contribution is -0.123. The minimum Gasteiger partial charge on any atom is -0.482 e. The maximum absolute atomic E-state index is 13.6. The van der Waals surface area contributed by atoms with Crippen LogP contribution in [-0.4, -0.2) is 140 Å². The molecule has 8 amide bonds. The second-order valence-corrected chi connectivity index (χ2v) is 21.0. The van der Waals surface area contributed by atoms with Crippen molar-refractivity contribution in [2.75, 3.05) is 63.3 Å². The highest BCUT2D eigenvalue weighted by Gasteiger charge is 2.34. The lowest BCUT2D eigenvalue weighted by Gasteiger charge is -2.24. The Morgan fingerprint density at radius 1 is 0.688 bits per heavy atom. The highest BCUT2D eigenvalue weighted by molar-refractivity contribution is 6.05. The molecule has 2 aliphatic rings. The molecule has 7 N–H and O–H groups in total. The predicted octanol–water partition coefficient (Wildman–Crippen LogP) is 6.03. The van der Waals surface area contributed by atoms with Gasteiger partial charge in [-0.25, -0.2) is 14.4 Å². The molecule has 5 rings (SSSR count). The number of carbonyl (C=O) groups excluding carboxylic acids is 8. The number of alkyl carbamates (subject to hydrolysis) is 3. The van der Waals surface area contributed by atoms with Crippen molar-refractivity contribution in [2.24, 2.45) is 4.99 Å². The van der Waals surface area contributed by atoms with Crippen LogP contribution in [0, 0.1) is 0 Å². The lowest BCUT2D eigenvalue weighted by Crippen LogP contribution is -2.49. The van der Waals surface area contributed by atoms with E-state index < -0.39 is 47.0 Å². The summed E-state index contributed by atoms with van der Waals surface area (Å²) in [6.45, 7) is 16.5. The van der Waals surface area contributed by atoms with Gasteiger partial charge in [-0.1, -0.05) is 12.1 Å².